The van der Waals surface area contributed by atoms with Crippen LogP contribution >= 0.6 is 34.7 Å². The van der Waals surface area contributed by atoms with Gasteiger partial charge in [-0.3, -0.25) is 9.79 Å². The summed E-state index contributed by atoms with van der Waals surface area (Å²) >= 11 is 8.99. The molecule has 0 spiro atoms. The van der Waals surface area contributed by atoms with Crippen molar-refractivity contribution in [3.8, 4) is 10.6 Å². The van der Waals surface area contributed by atoms with Crippen LogP contribution in [-0.4, -0.2) is 28.9 Å². The molecule has 2 aromatic heterocycles. The Bertz CT molecular complexity index is 711. The fourth-order valence-corrected chi connectivity index (χ4v) is 3.82. The number of rotatable bonds is 5. The summed E-state index contributed by atoms with van der Waals surface area (Å²) in [5.74, 6) is 1.58. The quantitative estimate of drug-likeness (QED) is 0.758. The molecule has 0 radical (unpaired) electrons. The minimum Gasteiger partial charge on any atom is -0.466 e. The molecule has 0 bridgehead atoms. The van der Waals surface area contributed by atoms with Gasteiger partial charge in [-0.15, -0.1) is 23.1 Å². The molecule has 2 aromatic rings. The maximum Gasteiger partial charge on any atom is 0.312 e. The topological polar surface area (TPSA) is 64.7 Å². The van der Waals surface area contributed by atoms with Crippen molar-refractivity contribution in [2.75, 3.05) is 12.4 Å². The first-order valence-corrected chi connectivity index (χ1v) is 8.96. The predicted octanol–water partition coefficient (Wildman–Crippen LogP) is 3.98. The molecule has 0 N–H and O–H groups in total. The molecule has 8 heteroatoms. The predicted molar refractivity (Wildman–Crippen MR) is 88.9 cm³/mol. The summed E-state index contributed by atoms with van der Waals surface area (Å²) < 4.78 is 11.5. The first-order valence-electron chi connectivity index (χ1n) is 6.71. The number of hydrogen-bond acceptors (Lipinski definition) is 7. The van der Waals surface area contributed by atoms with Gasteiger partial charge in [0.05, 0.1) is 33.5 Å². The van der Waals surface area contributed by atoms with Gasteiger partial charge in [0.1, 0.15) is 6.04 Å². The Hall–Kier alpha value is -1.31. The first-order chi connectivity index (χ1) is 10.7. The molecular formula is C14H13ClN2O3S2. The zero-order valence-corrected chi connectivity index (χ0v) is 14.1. The van der Waals surface area contributed by atoms with E-state index in [4.69, 9.17) is 20.8 Å². The minimum absolute atomic E-state index is 0.0752. The lowest BCUT2D eigenvalue weighted by Crippen LogP contribution is -2.08. The van der Waals surface area contributed by atoms with E-state index in [-0.39, 0.29) is 18.4 Å². The van der Waals surface area contributed by atoms with Crippen molar-refractivity contribution in [1.82, 2.24) is 4.98 Å². The number of carbonyl (C=O) groups excluding carboxylic acids is 1. The van der Waals surface area contributed by atoms with Crippen LogP contribution in [0.1, 0.15) is 24.6 Å². The zero-order chi connectivity index (χ0) is 15.5. The fraction of sp³-hybridized carbons (Fsp3) is 0.357. The van der Waals surface area contributed by atoms with Gasteiger partial charge in [-0.25, -0.2) is 4.98 Å². The number of aliphatic imine (C=N–C) groups is 1. The minimum atomic E-state index is -0.324. The molecule has 22 heavy (non-hydrogen) atoms. The second-order valence-electron chi connectivity index (χ2n) is 4.52. The van der Waals surface area contributed by atoms with E-state index >= 15 is 0 Å². The lowest BCUT2D eigenvalue weighted by molar-refractivity contribution is -0.142. The summed E-state index contributed by atoms with van der Waals surface area (Å²) in [7, 11) is 0. The number of aromatic nitrogens is 1. The van der Waals surface area contributed by atoms with Crippen molar-refractivity contribution in [2.24, 2.45) is 4.99 Å². The second-order valence-corrected chi connectivity index (χ2v) is 7.11. The summed E-state index contributed by atoms with van der Waals surface area (Å²) in [6, 6.07) is 3.55. The van der Waals surface area contributed by atoms with Crippen LogP contribution in [0.4, 0.5) is 0 Å². The lowest BCUT2D eigenvalue weighted by Gasteiger charge is -2.00. The molecule has 0 saturated heterocycles. The average Bonchev–Trinajstić information content (AvgIpc) is 3.18. The summed E-state index contributed by atoms with van der Waals surface area (Å²) in [5.41, 5.74) is 2.36. The molecule has 0 aromatic carbocycles. The van der Waals surface area contributed by atoms with Crippen LogP contribution < -0.4 is 0 Å². The SMILES string of the molecule is CCOC(=O)Cc1nc(C2CSC=N2)oc1-c1ccc(Cl)s1. The van der Waals surface area contributed by atoms with Crippen LogP contribution in [0.5, 0.6) is 0 Å². The van der Waals surface area contributed by atoms with Crippen LogP contribution in [0.15, 0.2) is 21.5 Å². The Morgan fingerprint density at radius 1 is 1.55 bits per heavy atom. The van der Waals surface area contributed by atoms with Crippen LogP contribution in [0.2, 0.25) is 4.34 Å². The number of oxazole rings is 1. The molecule has 3 heterocycles. The van der Waals surface area contributed by atoms with E-state index in [0.29, 0.717) is 28.3 Å². The van der Waals surface area contributed by atoms with E-state index < -0.39 is 0 Å². The van der Waals surface area contributed by atoms with Crippen molar-refractivity contribution >= 4 is 46.2 Å². The number of hydrogen-bond donors (Lipinski definition) is 0. The second kappa shape index (κ2) is 6.85. The van der Waals surface area contributed by atoms with Crippen molar-refractivity contribution in [1.29, 1.82) is 0 Å². The van der Waals surface area contributed by atoms with Gasteiger partial charge in [0.2, 0.25) is 5.89 Å². The van der Waals surface area contributed by atoms with Gasteiger partial charge >= 0.3 is 5.97 Å². The van der Waals surface area contributed by atoms with Gasteiger partial charge in [0.15, 0.2) is 5.76 Å². The molecule has 1 aliphatic heterocycles. The smallest absolute Gasteiger partial charge is 0.312 e. The molecule has 1 unspecified atom stereocenters. The highest BCUT2D eigenvalue weighted by Gasteiger charge is 2.25. The number of carbonyl (C=O) groups is 1. The van der Waals surface area contributed by atoms with Crippen LogP contribution in [-0.2, 0) is 16.0 Å². The van der Waals surface area contributed by atoms with Crippen LogP contribution in [0.3, 0.4) is 0 Å². The highest BCUT2D eigenvalue weighted by Crippen LogP contribution is 2.36. The number of thiophene rings is 1. The largest absolute Gasteiger partial charge is 0.466 e. The third kappa shape index (κ3) is 3.37. The zero-order valence-electron chi connectivity index (χ0n) is 11.7. The van der Waals surface area contributed by atoms with Crippen LogP contribution in [0, 0.1) is 0 Å². The van der Waals surface area contributed by atoms with Gasteiger partial charge < -0.3 is 9.15 Å². The van der Waals surface area contributed by atoms with Crippen LogP contribution in [0.25, 0.3) is 10.6 Å². The maximum atomic E-state index is 11.8. The van der Waals surface area contributed by atoms with E-state index in [1.165, 1.54) is 11.3 Å². The first kappa shape index (κ1) is 15.6. The van der Waals surface area contributed by atoms with Gasteiger partial charge in [-0.05, 0) is 19.1 Å². The third-order valence-corrected chi connectivity index (χ3v) is 4.99. The fourth-order valence-electron chi connectivity index (χ4n) is 2.04. The molecule has 0 saturated carbocycles. The monoisotopic (exact) mass is 356 g/mol. The van der Waals surface area contributed by atoms with E-state index in [0.717, 1.165) is 10.6 Å². The number of esters is 1. The lowest BCUT2D eigenvalue weighted by atomic mass is 10.2. The van der Waals surface area contributed by atoms with E-state index in [1.807, 2.05) is 6.07 Å². The molecular weight excluding hydrogens is 344 g/mol. The average molecular weight is 357 g/mol. The van der Waals surface area contributed by atoms with Gasteiger partial charge in [-0.2, -0.15) is 0 Å². The molecule has 0 amide bonds. The van der Waals surface area contributed by atoms with E-state index in [1.54, 1.807) is 30.3 Å². The Kier molecular flexibility index (Phi) is 4.85. The number of halogens is 1. The highest BCUT2D eigenvalue weighted by atomic mass is 35.5. The molecule has 5 nitrogen and oxygen atoms in total. The Morgan fingerprint density at radius 3 is 3.05 bits per heavy atom. The van der Waals surface area contributed by atoms with Gasteiger partial charge in [-0.1, -0.05) is 11.6 Å². The van der Waals surface area contributed by atoms with Crippen molar-refractivity contribution in [3.05, 3.63) is 28.1 Å². The number of ether oxygens (including phenoxy) is 1. The van der Waals surface area contributed by atoms with Crippen molar-refractivity contribution < 1.29 is 13.9 Å². The van der Waals surface area contributed by atoms with Gasteiger partial charge in [0, 0.05) is 5.75 Å². The van der Waals surface area contributed by atoms with Crippen molar-refractivity contribution in [3.63, 3.8) is 0 Å². The molecule has 1 atom stereocenters. The normalized spacial score (nSPS) is 17.1. The highest BCUT2D eigenvalue weighted by molar-refractivity contribution is 8.12. The standard InChI is InChI=1S/C14H13ClN2O3S2/c1-2-19-12(18)5-8-13(10-3-4-11(15)22-10)20-14(17-8)9-6-21-7-16-9/h3-4,7,9H,2,5-6H2,1H3. The summed E-state index contributed by atoms with van der Waals surface area (Å²) in [6.45, 7) is 2.11. The number of thioether (sulfide) groups is 1. The maximum absolute atomic E-state index is 11.8. The Labute approximate surface area is 140 Å². The molecule has 1 aliphatic rings. The van der Waals surface area contributed by atoms with E-state index in [9.17, 15) is 4.79 Å². The van der Waals surface area contributed by atoms with E-state index in [2.05, 4.69) is 9.98 Å². The molecule has 116 valence electrons. The molecule has 0 fully saturated rings. The summed E-state index contributed by atoms with van der Waals surface area (Å²) in [6.07, 6.45) is 0.0752. The Balaban J connectivity index is 1.94. The molecule has 0 aliphatic carbocycles. The Morgan fingerprint density at radius 2 is 2.41 bits per heavy atom. The van der Waals surface area contributed by atoms with Gasteiger partial charge in [0.25, 0.3) is 0 Å². The number of nitrogens with zero attached hydrogens (tertiary/aromatic N) is 2. The third-order valence-electron chi connectivity index (χ3n) is 2.98. The summed E-state index contributed by atoms with van der Waals surface area (Å²) in [5, 5.41) is 0. The van der Waals surface area contributed by atoms with Crippen molar-refractivity contribution in [2.45, 2.75) is 19.4 Å². The molecule has 3 rings (SSSR count). The summed E-state index contributed by atoms with van der Waals surface area (Å²) in [4.78, 5) is 21.4.